The van der Waals surface area contributed by atoms with Gasteiger partial charge in [0.05, 0.1) is 6.10 Å². The average molecular weight is 274 g/mol. The van der Waals surface area contributed by atoms with E-state index in [0.717, 1.165) is 24.9 Å². The first-order valence-electron chi connectivity index (χ1n) is 7.32. The molecule has 2 aliphatic rings. The number of carbonyl (C=O) groups excluding carboxylic acids is 1. The van der Waals surface area contributed by atoms with Crippen molar-refractivity contribution < 1.29 is 9.90 Å². The molecule has 108 valence electrons. The highest BCUT2D eigenvalue weighted by molar-refractivity contribution is 5.87. The second kappa shape index (κ2) is 4.86. The Bertz CT molecular complexity index is 500. The van der Waals surface area contributed by atoms with Crippen LogP contribution >= 0.6 is 0 Å². The molecule has 4 heteroatoms. The molecule has 1 aliphatic carbocycles. The van der Waals surface area contributed by atoms with E-state index < -0.39 is 5.54 Å². The monoisotopic (exact) mass is 274 g/mol. The second-order valence-electron chi connectivity index (χ2n) is 6.35. The Balaban J connectivity index is 1.77. The smallest absolute Gasteiger partial charge is 0.246 e. The number of rotatable bonds is 2. The Labute approximate surface area is 119 Å². The summed E-state index contributed by atoms with van der Waals surface area (Å²) in [5.41, 5.74) is 6.13. The number of carbonyl (C=O) groups is 1. The van der Waals surface area contributed by atoms with Crippen molar-refractivity contribution in [2.75, 3.05) is 13.1 Å². The van der Waals surface area contributed by atoms with Crippen LogP contribution in [0.2, 0.25) is 0 Å². The van der Waals surface area contributed by atoms with Crippen molar-refractivity contribution in [2.24, 2.45) is 17.6 Å². The molecular formula is C16H22N2O2. The van der Waals surface area contributed by atoms with Crippen LogP contribution in [0.25, 0.3) is 0 Å². The van der Waals surface area contributed by atoms with Crippen molar-refractivity contribution in [3.8, 4) is 0 Å². The van der Waals surface area contributed by atoms with E-state index in [1.54, 1.807) is 6.92 Å². The lowest BCUT2D eigenvalue weighted by Crippen LogP contribution is -2.50. The summed E-state index contributed by atoms with van der Waals surface area (Å²) in [5.74, 6) is 0.649. The van der Waals surface area contributed by atoms with Gasteiger partial charge in [-0.1, -0.05) is 30.3 Å². The maximum absolute atomic E-state index is 12.7. The third-order valence-corrected chi connectivity index (χ3v) is 4.92. The van der Waals surface area contributed by atoms with Crippen molar-refractivity contribution in [2.45, 2.75) is 31.4 Å². The van der Waals surface area contributed by atoms with Crippen LogP contribution < -0.4 is 5.73 Å². The predicted molar refractivity (Wildman–Crippen MR) is 76.8 cm³/mol. The average Bonchev–Trinajstić information content (AvgIpc) is 3.01. The highest BCUT2D eigenvalue weighted by atomic mass is 16.3. The predicted octanol–water partition coefficient (Wildman–Crippen LogP) is 1.09. The molecule has 1 saturated heterocycles. The van der Waals surface area contributed by atoms with E-state index in [1.807, 2.05) is 35.2 Å². The molecule has 1 aliphatic heterocycles. The molecule has 2 fully saturated rings. The minimum atomic E-state index is -0.995. The molecule has 0 aromatic heterocycles. The molecule has 4 unspecified atom stereocenters. The van der Waals surface area contributed by atoms with Crippen molar-refractivity contribution in [1.29, 1.82) is 0 Å². The Morgan fingerprint density at radius 3 is 2.65 bits per heavy atom. The summed E-state index contributed by atoms with van der Waals surface area (Å²) in [5, 5.41) is 9.95. The summed E-state index contributed by atoms with van der Waals surface area (Å²) in [6.07, 6.45) is 1.64. The minimum absolute atomic E-state index is 0.0368. The summed E-state index contributed by atoms with van der Waals surface area (Å²) in [6, 6.07) is 9.50. The summed E-state index contributed by atoms with van der Waals surface area (Å²) in [4.78, 5) is 14.6. The molecule has 1 amide bonds. The number of nitrogens with two attached hydrogens (primary N) is 1. The van der Waals surface area contributed by atoms with Crippen LogP contribution in [-0.4, -0.2) is 35.1 Å². The Morgan fingerprint density at radius 2 is 2.00 bits per heavy atom. The van der Waals surface area contributed by atoms with E-state index in [1.165, 1.54) is 0 Å². The normalized spacial score (nSPS) is 31.9. The number of nitrogens with zero attached hydrogens (tertiary/aromatic N) is 1. The molecule has 4 atom stereocenters. The van der Waals surface area contributed by atoms with Gasteiger partial charge in [-0.2, -0.15) is 0 Å². The Hall–Kier alpha value is -1.39. The Kier molecular flexibility index (Phi) is 3.30. The summed E-state index contributed by atoms with van der Waals surface area (Å²) >= 11 is 0. The van der Waals surface area contributed by atoms with Crippen molar-refractivity contribution in [3.05, 3.63) is 35.9 Å². The van der Waals surface area contributed by atoms with Crippen LogP contribution in [0.4, 0.5) is 0 Å². The molecule has 1 saturated carbocycles. The maximum Gasteiger partial charge on any atom is 0.246 e. The number of likely N-dealkylation sites (tertiary alicyclic amines) is 1. The standard InChI is InChI=1S/C16H22N2O2/c1-16(17,12-5-3-2-4-6-12)15(20)18-9-11-7-8-14(19)13(11)10-18/h2-6,11,13-14,19H,7-10,17H2,1H3. The fourth-order valence-electron chi connectivity index (χ4n) is 3.64. The van der Waals surface area contributed by atoms with Gasteiger partial charge < -0.3 is 15.7 Å². The number of benzene rings is 1. The molecule has 1 aromatic carbocycles. The fourth-order valence-corrected chi connectivity index (χ4v) is 3.64. The zero-order valence-corrected chi connectivity index (χ0v) is 11.8. The molecule has 3 N–H and O–H groups in total. The van der Waals surface area contributed by atoms with Gasteiger partial charge in [0.15, 0.2) is 0 Å². The van der Waals surface area contributed by atoms with Crippen LogP contribution in [0.15, 0.2) is 30.3 Å². The van der Waals surface area contributed by atoms with Gasteiger partial charge in [-0.3, -0.25) is 4.79 Å². The number of amides is 1. The lowest BCUT2D eigenvalue weighted by atomic mass is 9.91. The van der Waals surface area contributed by atoms with Gasteiger partial charge in [0, 0.05) is 19.0 Å². The maximum atomic E-state index is 12.7. The third kappa shape index (κ3) is 2.13. The van der Waals surface area contributed by atoms with Crippen molar-refractivity contribution >= 4 is 5.91 Å². The highest BCUT2D eigenvalue weighted by Gasteiger charge is 2.46. The summed E-state index contributed by atoms with van der Waals surface area (Å²) < 4.78 is 0. The van der Waals surface area contributed by atoms with E-state index in [9.17, 15) is 9.90 Å². The van der Waals surface area contributed by atoms with Crippen LogP contribution in [0.3, 0.4) is 0 Å². The van der Waals surface area contributed by atoms with Crippen molar-refractivity contribution in [1.82, 2.24) is 4.90 Å². The largest absolute Gasteiger partial charge is 0.393 e. The molecule has 20 heavy (non-hydrogen) atoms. The first-order chi connectivity index (χ1) is 9.50. The first kappa shape index (κ1) is 13.6. The zero-order valence-electron chi connectivity index (χ0n) is 11.8. The second-order valence-corrected chi connectivity index (χ2v) is 6.35. The number of hydrogen-bond donors (Lipinski definition) is 2. The van der Waals surface area contributed by atoms with Crippen LogP contribution in [0.5, 0.6) is 0 Å². The number of fused-ring (bicyclic) bond motifs is 1. The van der Waals surface area contributed by atoms with E-state index in [4.69, 9.17) is 5.73 Å². The SMILES string of the molecule is CC(N)(C(=O)N1CC2CCC(O)C2C1)c1ccccc1. The van der Waals surface area contributed by atoms with Gasteiger partial charge in [0.25, 0.3) is 0 Å². The number of hydrogen-bond acceptors (Lipinski definition) is 3. The molecule has 0 radical (unpaired) electrons. The molecule has 1 aromatic rings. The quantitative estimate of drug-likeness (QED) is 0.848. The van der Waals surface area contributed by atoms with Gasteiger partial charge in [0.1, 0.15) is 5.54 Å². The highest BCUT2D eigenvalue weighted by Crippen LogP contribution is 2.39. The minimum Gasteiger partial charge on any atom is -0.393 e. The zero-order chi connectivity index (χ0) is 14.3. The van der Waals surface area contributed by atoms with E-state index in [0.29, 0.717) is 12.5 Å². The van der Waals surface area contributed by atoms with Gasteiger partial charge in [0.2, 0.25) is 5.91 Å². The lowest BCUT2D eigenvalue weighted by Gasteiger charge is -2.30. The lowest BCUT2D eigenvalue weighted by molar-refractivity contribution is -0.136. The first-order valence-corrected chi connectivity index (χ1v) is 7.32. The number of aliphatic hydroxyl groups is 1. The third-order valence-electron chi connectivity index (χ3n) is 4.92. The molecular weight excluding hydrogens is 252 g/mol. The van der Waals surface area contributed by atoms with Gasteiger partial charge >= 0.3 is 0 Å². The topological polar surface area (TPSA) is 66.6 Å². The van der Waals surface area contributed by atoms with Gasteiger partial charge in [-0.25, -0.2) is 0 Å². The molecule has 3 rings (SSSR count). The van der Waals surface area contributed by atoms with E-state index in [-0.39, 0.29) is 17.9 Å². The summed E-state index contributed by atoms with van der Waals surface area (Å²) in [6.45, 7) is 3.15. The van der Waals surface area contributed by atoms with Gasteiger partial charge in [-0.15, -0.1) is 0 Å². The molecule has 0 spiro atoms. The van der Waals surface area contributed by atoms with E-state index in [2.05, 4.69) is 0 Å². The Morgan fingerprint density at radius 1 is 1.30 bits per heavy atom. The summed E-state index contributed by atoms with van der Waals surface area (Å²) in [7, 11) is 0. The molecule has 0 bridgehead atoms. The van der Waals surface area contributed by atoms with Crippen LogP contribution in [0.1, 0.15) is 25.3 Å². The molecule has 4 nitrogen and oxygen atoms in total. The molecule has 1 heterocycles. The fraction of sp³-hybridized carbons (Fsp3) is 0.562. The van der Waals surface area contributed by atoms with E-state index >= 15 is 0 Å². The van der Waals surface area contributed by atoms with Crippen molar-refractivity contribution in [3.63, 3.8) is 0 Å². The van der Waals surface area contributed by atoms with Crippen LogP contribution in [-0.2, 0) is 10.3 Å². The number of aliphatic hydroxyl groups excluding tert-OH is 1. The van der Waals surface area contributed by atoms with Crippen LogP contribution in [0, 0.1) is 11.8 Å². The van der Waals surface area contributed by atoms with Gasteiger partial charge in [-0.05, 0) is 31.2 Å².